The quantitative estimate of drug-likeness (QED) is 0.802. The number of halogens is 1. The van der Waals surface area contributed by atoms with E-state index in [1.807, 2.05) is 6.07 Å². The Morgan fingerprint density at radius 3 is 2.96 bits per heavy atom. The molecule has 6 nitrogen and oxygen atoms in total. The maximum absolute atomic E-state index is 13.7. The van der Waals surface area contributed by atoms with E-state index in [-0.39, 0.29) is 43.2 Å². The molecule has 0 radical (unpaired) electrons. The molecule has 2 aliphatic rings. The molecule has 0 aromatic heterocycles. The summed E-state index contributed by atoms with van der Waals surface area (Å²) in [5, 5.41) is 5.33. The molecule has 7 heteroatoms. The van der Waals surface area contributed by atoms with Gasteiger partial charge in [-0.15, -0.1) is 0 Å². The van der Waals surface area contributed by atoms with Gasteiger partial charge in [-0.2, -0.15) is 0 Å². The van der Waals surface area contributed by atoms with Crippen molar-refractivity contribution >= 4 is 17.8 Å². The fourth-order valence-corrected chi connectivity index (χ4v) is 3.11. The Hall–Kier alpha value is -2.44. The molecule has 0 saturated carbocycles. The third-order valence-corrected chi connectivity index (χ3v) is 4.27. The van der Waals surface area contributed by atoms with E-state index in [4.69, 9.17) is 0 Å². The van der Waals surface area contributed by atoms with Crippen LogP contribution in [0.1, 0.15) is 36.4 Å². The molecule has 3 rings (SSSR count). The zero-order valence-electron chi connectivity index (χ0n) is 12.6. The van der Waals surface area contributed by atoms with Crippen LogP contribution in [0.4, 0.5) is 9.18 Å². The van der Waals surface area contributed by atoms with Crippen molar-refractivity contribution in [2.45, 2.75) is 31.7 Å². The minimum atomic E-state index is -0.407. The fourth-order valence-electron chi connectivity index (χ4n) is 3.11. The van der Waals surface area contributed by atoms with Gasteiger partial charge in [0.15, 0.2) is 0 Å². The minimum Gasteiger partial charge on any atom is -0.349 e. The molecule has 1 heterocycles. The average Bonchev–Trinajstić information content (AvgIpc) is 3.06. The van der Waals surface area contributed by atoms with Gasteiger partial charge in [-0.1, -0.05) is 12.1 Å². The van der Waals surface area contributed by atoms with E-state index in [9.17, 15) is 18.8 Å². The van der Waals surface area contributed by atoms with Crippen molar-refractivity contribution in [1.82, 2.24) is 15.5 Å². The number of nitrogens with zero attached hydrogens (tertiary/aromatic N) is 1. The predicted octanol–water partition coefficient (Wildman–Crippen LogP) is 1.26. The van der Waals surface area contributed by atoms with Gasteiger partial charge >= 0.3 is 6.03 Å². The largest absolute Gasteiger partial charge is 0.349 e. The normalized spacial score (nSPS) is 19.7. The average molecular weight is 319 g/mol. The first-order chi connectivity index (χ1) is 11.1. The van der Waals surface area contributed by atoms with Crippen LogP contribution in [0.3, 0.4) is 0 Å². The Kier molecular flexibility index (Phi) is 4.27. The summed E-state index contributed by atoms with van der Waals surface area (Å²) in [4.78, 5) is 35.9. The molecule has 1 saturated heterocycles. The van der Waals surface area contributed by atoms with Gasteiger partial charge in [0.25, 0.3) is 0 Å². The molecule has 1 unspecified atom stereocenters. The number of nitrogens with one attached hydrogen (secondary N) is 2. The lowest BCUT2D eigenvalue weighted by Crippen LogP contribution is -2.33. The number of amides is 4. The molecule has 4 amide bonds. The zero-order chi connectivity index (χ0) is 16.4. The maximum atomic E-state index is 13.7. The fraction of sp³-hybridized carbons (Fsp3) is 0.438. The maximum Gasteiger partial charge on any atom is 0.324 e. The predicted molar refractivity (Wildman–Crippen MR) is 80.0 cm³/mol. The van der Waals surface area contributed by atoms with E-state index in [0.29, 0.717) is 24.8 Å². The molecule has 1 aliphatic heterocycles. The molecule has 2 N–H and O–H groups in total. The molecule has 1 aromatic rings. The van der Waals surface area contributed by atoms with Crippen LogP contribution in [-0.2, 0) is 16.0 Å². The summed E-state index contributed by atoms with van der Waals surface area (Å²) < 4.78 is 13.7. The highest BCUT2D eigenvalue weighted by Crippen LogP contribution is 2.32. The Bertz CT molecular complexity index is 646. The van der Waals surface area contributed by atoms with Crippen molar-refractivity contribution in [1.29, 1.82) is 0 Å². The van der Waals surface area contributed by atoms with E-state index < -0.39 is 6.03 Å². The SMILES string of the molecule is O=C(CCCN1C(=O)CNC1=O)NC1CCc2c(F)cccc21. The van der Waals surface area contributed by atoms with Crippen LogP contribution in [-0.4, -0.2) is 35.8 Å². The number of benzene rings is 1. The van der Waals surface area contributed by atoms with E-state index >= 15 is 0 Å². The van der Waals surface area contributed by atoms with Crippen LogP contribution in [0.25, 0.3) is 0 Å². The van der Waals surface area contributed by atoms with Gasteiger partial charge < -0.3 is 10.6 Å². The number of hydrogen-bond donors (Lipinski definition) is 2. The van der Waals surface area contributed by atoms with Gasteiger partial charge in [-0.3, -0.25) is 14.5 Å². The van der Waals surface area contributed by atoms with Crippen LogP contribution < -0.4 is 10.6 Å². The second-order valence-corrected chi connectivity index (χ2v) is 5.77. The van der Waals surface area contributed by atoms with E-state index in [0.717, 1.165) is 10.5 Å². The Morgan fingerprint density at radius 1 is 1.39 bits per heavy atom. The summed E-state index contributed by atoms with van der Waals surface area (Å²) in [6.07, 6.45) is 1.94. The van der Waals surface area contributed by atoms with Crippen molar-refractivity contribution in [3.63, 3.8) is 0 Å². The first-order valence-electron chi connectivity index (χ1n) is 7.71. The lowest BCUT2D eigenvalue weighted by Gasteiger charge is -2.15. The van der Waals surface area contributed by atoms with Crippen molar-refractivity contribution in [3.05, 3.63) is 35.1 Å². The summed E-state index contributed by atoms with van der Waals surface area (Å²) in [7, 11) is 0. The van der Waals surface area contributed by atoms with Crippen molar-refractivity contribution in [2.24, 2.45) is 0 Å². The number of imide groups is 1. The number of hydrogen-bond acceptors (Lipinski definition) is 3. The highest BCUT2D eigenvalue weighted by molar-refractivity contribution is 6.01. The number of carbonyl (C=O) groups is 3. The van der Waals surface area contributed by atoms with Gasteiger partial charge in [-0.05, 0) is 36.5 Å². The number of urea groups is 1. The first-order valence-corrected chi connectivity index (χ1v) is 7.71. The molecule has 1 fully saturated rings. The van der Waals surface area contributed by atoms with E-state index in [2.05, 4.69) is 10.6 Å². The van der Waals surface area contributed by atoms with Crippen LogP contribution in [0.2, 0.25) is 0 Å². The number of fused-ring (bicyclic) bond motifs is 1. The second kappa shape index (κ2) is 6.36. The first kappa shape index (κ1) is 15.5. The molecule has 0 bridgehead atoms. The third-order valence-electron chi connectivity index (χ3n) is 4.27. The molecule has 1 aromatic carbocycles. The van der Waals surface area contributed by atoms with Crippen molar-refractivity contribution in [3.8, 4) is 0 Å². The lowest BCUT2D eigenvalue weighted by atomic mass is 10.1. The number of carbonyl (C=O) groups excluding carboxylic acids is 3. The van der Waals surface area contributed by atoms with Gasteiger partial charge in [-0.25, -0.2) is 9.18 Å². The Labute approximate surface area is 133 Å². The smallest absolute Gasteiger partial charge is 0.324 e. The van der Waals surface area contributed by atoms with Crippen LogP contribution in [0, 0.1) is 5.82 Å². The molecule has 23 heavy (non-hydrogen) atoms. The highest BCUT2D eigenvalue weighted by atomic mass is 19.1. The zero-order valence-corrected chi connectivity index (χ0v) is 12.6. The summed E-state index contributed by atoms with van der Waals surface area (Å²) in [6.45, 7) is 0.253. The van der Waals surface area contributed by atoms with E-state index in [1.54, 1.807) is 6.07 Å². The Balaban J connectivity index is 1.49. The summed E-state index contributed by atoms with van der Waals surface area (Å²) >= 11 is 0. The molecule has 122 valence electrons. The van der Waals surface area contributed by atoms with Gasteiger partial charge in [0.1, 0.15) is 5.82 Å². The van der Waals surface area contributed by atoms with Crippen molar-refractivity contribution in [2.75, 3.05) is 13.1 Å². The highest BCUT2D eigenvalue weighted by Gasteiger charge is 2.28. The van der Waals surface area contributed by atoms with Crippen molar-refractivity contribution < 1.29 is 18.8 Å². The van der Waals surface area contributed by atoms with Crippen LogP contribution in [0.5, 0.6) is 0 Å². The monoisotopic (exact) mass is 319 g/mol. The Morgan fingerprint density at radius 2 is 2.22 bits per heavy atom. The van der Waals surface area contributed by atoms with E-state index in [1.165, 1.54) is 6.07 Å². The minimum absolute atomic E-state index is 0.0233. The topological polar surface area (TPSA) is 78.5 Å². The molecule has 0 spiro atoms. The lowest BCUT2D eigenvalue weighted by molar-refractivity contribution is -0.126. The summed E-state index contributed by atoms with van der Waals surface area (Å²) in [5.74, 6) is -0.646. The van der Waals surface area contributed by atoms with Crippen LogP contribution >= 0.6 is 0 Å². The standard InChI is InChI=1S/C16H18FN3O3/c17-12-4-1-3-11-10(12)6-7-13(11)19-14(21)5-2-8-20-15(22)9-18-16(20)23/h1,3-4,13H,2,5-9H2,(H,18,23)(H,19,21). The third kappa shape index (κ3) is 3.18. The number of rotatable bonds is 5. The van der Waals surface area contributed by atoms with Gasteiger partial charge in [0, 0.05) is 13.0 Å². The molecular formula is C16H18FN3O3. The molecular weight excluding hydrogens is 301 g/mol. The van der Waals surface area contributed by atoms with Crippen LogP contribution in [0.15, 0.2) is 18.2 Å². The molecule has 1 atom stereocenters. The van der Waals surface area contributed by atoms with Gasteiger partial charge in [0.05, 0.1) is 12.6 Å². The molecule has 1 aliphatic carbocycles. The second-order valence-electron chi connectivity index (χ2n) is 5.77. The van der Waals surface area contributed by atoms with Gasteiger partial charge in [0.2, 0.25) is 11.8 Å². The summed E-state index contributed by atoms with van der Waals surface area (Å²) in [5.41, 5.74) is 1.52. The summed E-state index contributed by atoms with van der Waals surface area (Å²) in [6, 6.07) is 4.35.